The molecule has 2 fully saturated rings. The van der Waals surface area contributed by atoms with Crippen molar-refractivity contribution in [2.75, 3.05) is 47.0 Å². The highest BCUT2D eigenvalue weighted by molar-refractivity contribution is 5.68. The molecule has 2 saturated heterocycles. The number of nitrogens with zero attached hydrogens (tertiary/aromatic N) is 2. The smallest absolute Gasteiger partial charge is 0.341 e. The van der Waals surface area contributed by atoms with Crippen LogP contribution in [0.5, 0.6) is 11.5 Å². The molecule has 2 aliphatic rings. The maximum Gasteiger partial charge on any atom is 0.341 e. The van der Waals surface area contributed by atoms with Crippen molar-refractivity contribution in [1.82, 2.24) is 9.80 Å². The molecule has 3 rings (SSSR count). The number of likely N-dealkylation sites (tertiary alicyclic amines) is 2. The van der Waals surface area contributed by atoms with Crippen LogP contribution in [0.2, 0.25) is 0 Å². The van der Waals surface area contributed by atoms with Gasteiger partial charge in [-0.25, -0.2) is 4.79 Å². The lowest BCUT2D eigenvalue weighted by Gasteiger charge is -2.53. The van der Waals surface area contributed by atoms with Crippen LogP contribution < -0.4 is 9.47 Å². The molecule has 7 heteroatoms. The number of aliphatic carboxylic acids is 1. The number of aliphatic hydroxyl groups excluding tert-OH is 1. The Labute approximate surface area is 160 Å². The molecule has 0 saturated carbocycles. The minimum atomic E-state index is -1.01. The van der Waals surface area contributed by atoms with Gasteiger partial charge in [-0.2, -0.15) is 0 Å². The first-order valence-electron chi connectivity index (χ1n) is 9.52. The normalized spacial score (nSPS) is 26.4. The fraction of sp³-hybridized carbons (Fsp3) is 0.650. The summed E-state index contributed by atoms with van der Waals surface area (Å²) in [5.41, 5.74) is 1.09. The largest absolute Gasteiger partial charge is 0.493 e. The topological polar surface area (TPSA) is 82.5 Å². The molecule has 1 aromatic rings. The van der Waals surface area contributed by atoms with Gasteiger partial charge < -0.3 is 24.6 Å². The van der Waals surface area contributed by atoms with Gasteiger partial charge in [0, 0.05) is 24.5 Å². The quantitative estimate of drug-likeness (QED) is 0.743. The Morgan fingerprint density at radius 3 is 2.81 bits per heavy atom. The summed E-state index contributed by atoms with van der Waals surface area (Å²) < 4.78 is 10.6. The second-order valence-corrected chi connectivity index (χ2v) is 7.77. The predicted molar refractivity (Wildman–Crippen MR) is 101 cm³/mol. The predicted octanol–water partition coefficient (Wildman–Crippen LogP) is 1.44. The second kappa shape index (κ2) is 8.46. The number of methoxy groups -OCH3 is 1. The lowest BCUT2D eigenvalue weighted by molar-refractivity contribution is -0.139. The third-order valence-corrected chi connectivity index (χ3v) is 6.08. The van der Waals surface area contributed by atoms with Gasteiger partial charge in [0.15, 0.2) is 18.1 Å². The lowest BCUT2D eigenvalue weighted by Crippen LogP contribution is -2.61. The van der Waals surface area contributed by atoms with E-state index in [1.54, 1.807) is 7.11 Å². The number of carboxylic acids is 1. The third-order valence-electron chi connectivity index (χ3n) is 6.08. The van der Waals surface area contributed by atoms with Gasteiger partial charge in [-0.15, -0.1) is 0 Å². The van der Waals surface area contributed by atoms with Crippen LogP contribution in [0.3, 0.4) is 0 Å². The molecule has 0 unspecified atom stereocenters. The Balaban J connectivity index is 1.70. The summed E-state index contributed by atoms with van der Waals surface area (Å²) in [4.78, 5) is 15.6. The van der Waals surface area contributed by atoms with Gasteiger partial charge in [0.25, 0.3) is 0 Å². The monoisotopic (exact) mass is 378 g/mol. The number of aliphatic hydroxyl groups is 1. The maximum atomic E-state index is 10.8. The zero-order valence-corrected chi connectivity index (χ0v) is 16.2. The molecule has 0 aliphatic carbocycles. The zero-order valence-electron chi connectivity index (χ0n) is 16.2. The van der Waals surface area contributed by atoms with Crippen molar-refractivity contribution in [3.05, 3.63) is 23.8 Å². The van der Waals surface area contributed by atoms with E-state index in [0.717, 1.165) is 51.0 Å². The summed E-state index contributed by atoms with van der Waals surface area (Å²) in [6, 6.07) is 6.04. The first kappa shape index (κ1) is 19.9. The van der Waals surface area contributed by atoms with Crippen LogP contribution in [0.1, 0.15) is 24.8 Å². The van der Waals surface area contributed by atoms with Crippen LogP contribution in [-0.4, -0.2) is 79.0 Å². The van der Waals surface area contributed by atoms with Crippen LogP contribution in [-0.2, 0) is 11.3 Å². The van der Waals surface area contributed by atoms with Crippen molar-refractivity contribution < 1.29 is 24.5 Å². The molecular formula is C20H30N2O5. The molecule has 7 nitrogen and oxygen atoms in total. The van der Waals surface area contributed by atoms with Crippen LogP contribution in [0.15, 0.2) is 18.2 Å². The van der Waals surface area contributed by atoms with Crippen LogP contribution in [0, 0.1) is 5.41 Å². The first-order valence-corrected chi connectivity index (χ1v) is 9.52. The van der Waals surface area contributed by atoms with E-state index >= 15 is 0 Å². The first-order chi connectivity index (χ1) is 13.0. The molecule has 0 aromatic heterocycles. The molecule has 150 valence electrons. The van der Waals surface area contributed by atoms with Gasteiger partial charge >= 0.3 is 5.97 Å². The van der Waals surface area contributed by atoms with E-state index in [9.17, 15) is 9.90 Å². The minimum Gasteiger partial charge on any atom is -0.493 e. The van der Waals surface area contributed by atoms with Gasteiger partial charge in [0.1, 0.15) is 0 Å². The molecule has 0 bridgehead atoms. The van der Waals surface area contributed by atoms with Crippen molar-refractivity contribution in [1.29, 1.82) is 0 Å². The van der Waals surface area contributed by atoms with Crippen LogP contribution >= 0.6 is 0 Å². The molecular weight excluding hydrogens is 348 g/mol. The Kier molecular flexibility index (Phi) is 6.24. The SMILES string of the molecule is COc1ccc(CN2CC[C@@]3(CO)CCCN(C)[C@@H]3C2)cc1OCC(=O)O. The Hall–Kier alpha value is -1.83. The van der Waals surface area contributed by atoms with Crippen molar-refractivity contribution in [3.8, 4) is 11.5 Å². The minimum absolute atomic E-state index is 0.0270. The molecule has 0 amide bonds. The summed E-state index contributed by atoms with van der Waals surface area (Å²) >= 11 is 0. The number of carbonyl (C=O) groups is 1. The molecule has 2 N–H and O–H groups in total. The highest BCUT2D eigenvalue weighted by Crippen LogP contribution is 2.42. The van der Waals surface area contributed by atoms with E-state index in [1.807, 2.05) is 18.2 Å². The highest BCUT2D eigenvalue weighted by atomic mass is 16.5. The van der Waals surface area contributed by atoms with Gasteiger partial charge in [-0.1, -0.05) is 6.07 Å². The standard InChI is InChI=1S/C20H30N2O5/c1-21-8-3-6-20(14-23)7-9-22(12-18(20)21)11-15-4-5-16(26-2)17(10-15)27-13-19(24)25/h4-5,10,18,23H,3,6-9,11-14H2,1-2H3,(H,24,25)/t18-,20-/m1/s1. The van der Waals surface area contributed by atoms with Crippen molar-refractivity contribution >= 4 is 5.97 Å². The number of hydrogen-bond donors (Lipinski definition) is 2. The summed E-state index contributed by atoms with van der Waals surface area (Å²) in [6.45, 7) is 3.58. The fourth-order valence-corrected chi connectivity index (χ4v) is 4.55. The van der Waals surface area contributed by atoms with Crippen LogP contribution in [0.25, 0.3) is 0 Å². The molecule has 2 atom stereocenters. The Morgan fingerprint density at radius 2 is 2.11 bits per heavy atom. The fourth-order valence-electron chi connectivity index (χ4n) is 4.55. The number of rotatable bonds is 7. The van der Waals surface area contributed by atoms with Crippen molar-refractivity contribution in [2.24, 2.45) is 5.41 Å². The number of benzene rings is 1. The molecule has 2 aliphatic heterocycles. The van der Waals surface area contributed by atoms with E-state index in [2.05, 4.69) is 16.8 Å². The average Bonchev–Trinajstić information content (AvgIpc) is 2.67. The third kappa shape index (κ3) is 4.36. The van der Waals surface area contributed by atoms with Crippen LogP contribution in [0.4, 0.5) is 0 Å². The summed E-state index contributed by atoms with van der Waals surface area (Å²) in [7, 11) is 3.70. The Bertz CT molecular complexity index is 668. The second-order valence-electron chi connectivity index (χ2n) is 7.77. The van der Waals surface area contributed by atoms with Gasteiger partial charge in [-0.05, 0) is 57.1 Å². The van der Waals surface area contributed by atoms with Crippen molar-refractivity contribution in [2.45, 2.75) is 31.8 Å². The van der Waals surface area contributed by atoms with E-state index < -0.39 is 12.6 Å². The van der Waals surface area contributed by atoms with Crippen molar-refractivity contribution in [3.63, 3.8) is 0 Å². The van der Waals surface area contributed by atoms with Gasteiger partial charge in [0.2, 0.25) is 0 Å². The number of likely N-dealkylation sites (N-methyl/N-ethyl adjacent to an activating group) is 1. The van der Waals surface area contributed by atoms with Gasteiger partial charge in [0.05, 0.1) is 13.7 Å². The van der Waals surface area contributed by atoms with E-state index in [1.165, 1.54) is 0 Å². The molecule has 0 spiro atoms. The van der Waals surface area contributed by atoms with E-state index in [-0.39, 0.29) is 12.0 Å². The number of piperidine rings is 2. The Morgan fingerprint density at radius 1 is 1.30 bits per heavy atom. The summed E-state index contributed by atoms with van der Waals surface area (Å²) in [6.07, 6.45) is 3.25. The average molecular weight is 378 g/mol. The zero-order chi connectivity index (χ0) is 19.4. The lowest BCUT2D eigenvalue weighted by atomic mass is 9.69. The number of hydrogen-bond acceptors (Lipinski definition) is 6. The summed E-state index contributed by atoms with van der Waals surface area (Å²) in [5.74, 6) is -0.0296. The maximum absolute atomic E-state index is 10.8. The number of fused-ring (bicyclic) bond motifs is 1. The van der Waals surface area contributed by atoms with E-state index in [4.69, 9.17) is 14.6 Å². The molecule has 27 heavy (non-hydrogen) atoms. The van der Waals surface area contributed by atoms with E-state index in [0.29, 0.717) is 17.5 Å². The highest BCUT2D eigenvalue weighted by Gasteiger charge is 2.46. The number of ether oxygens (including phenoxy) is 2. The number of carboxylic acid groups (broad SMARTS) is 1. The molecule has 2 heterocycles. The summed E-state index contributed by atoms with van der Waals surface area (Å²) in [5, 5.41) is 18.9. The molecule has 0 radical (unpaired) electrons. The van der Waals surface area contributed by atoms with Gasteiger partial charge in [-0.3, -0.25) is 4.90 Å². The molecule has 1 aromatic carbocycles.